The molecule has 1 saturated heterocycles. The van der Waals surface area contributed by atoms with Crippen molar-refractivity contribution in [3.8, 4) is 0 Å². The van der Waals surface area contributed by atoms with Gasteiger partial charge >= 0.3 is 5.97 Å². The Balaban J connectivity index is 2.19. The fourth-order valence-corrected chi connectivity index (χ4v) is 5.02. The van der Waals surface area contributed by atoms with Gasteiger partial charge in [-0.2, -0.15) is 17.0 Å². The SMILES string of the molecule is Cc1ccsc1CN(C)S(=O)(=O)N1CCCCC1C(=O)O. The Morgan fingerprint density at radius 1 is 1.52 bits per heavy atom. The molecule has 2 heterocycles. The fraction of sp³-hybridized carbons (Fsp3) is 0.615. The molecule has 1 aliphatic rings. The zero-order valence-electron chi connectivity index (χ0n) is 12.2. The Hall–Kier alpha value is -0.960. The van der Waals surface area contributed by atoms with Crippen LogP contribution in [0.5, 0.6) is 0 Å². The number of carboxylic acids is 1. The molecule has 1 atom stereocenters. The molecule has 0 spiro atoms. The highest BCUT2D eigenvalue weighted by Gasteiger charge is 2.38. The van der Waals surface area contributed by atoms with Gasteiger partial charge in [0.15, 0.2) is 0 Å². The van der Waals surface area contributed by atoms with Crippen LogP contribution in [0.2, 0.25) is 0 Å². The Kier molecular flexibility index (Phi) is 5.03. The molecule has 1 aliphatic heterocycles. The molecule has 0 radical (unpaired) electrons. The van der Waals surface area contributed by atoms with Crippen LogP contribution in [0.15, 0.2) is 11.4 Å². The number of carboxylic acid groups (broad SMARTS) is 1. The standard InChI is InChI=1S/C13H20N2O4S2/c1-10-6-8-20-12(10)9-14(2)21(18,19)15-7-4-3-5-11(15)13(16)17/h6,8,11H,3-5,7,9H2,1-2H3,(H,16,17). The first kappa shape index (κ1) is 16.4. The molecule has 8 heteroatoms. The number of thiophene rings is 1. The molecule has 21 heavy (non-hydrogen) atoms. The lowest BCUT2D eigenvalue weighted by molar-refractivity contribution is -0.142. The first-order chi connectivity index (χ1) is 9.84. The first-order valence-corrected chi connectivity index (χ1v) is 9.10. The maximum absolute atomic E-state index is 12.6. The molecule has 6 nitrogen and oxygen atoms in total. The topological polar surface area (TPSA) is 77.9 Å². The Morgan fingerprint density at radius 2 is 2.24 bits per heavy atom. The lowest BCUT2D eigenvalue weighted by atomic mass is 10.1. The van der Waals surface area contributed by atoms with E-state index >= 15 is 0 Å². The lowest BCUT2D eigenvalue weighted by Crippen LogP contribution is -2.52. The van der Waals surface area contributed by atoms with Crippen LogP contribution in [0.1, 0.15) is 29.7 Å². The zero-order chi connectivity index (χ0) is 15.6. The highest BCUT2D eigenvalue weighted by molar-refractivity contribution is 7.86. The summed E-state index contributed by atoms with van der Waals surface area (Å²) in [7, 11) is -2.25. The van der Waals surface area contributed by atoms with Crippen molar-refractivity contribution < 1.29 is 18.3 Å². The molecule has 0 aromatic carbocycles. The first-order valence-electron chi connectivity index (χ1n) is 6.83. The van der Waals surface area contributed by atoms with Crippen molar-refractivity contribution >= 4 is 27.5 Å². The second-order valence-electron chi connectivity index (χ2n) is 5.25. The van der Waals surface area contributed by atoms with E-state index < -0.39 is 22.2 Å². The number of rotatable bonds is 5. The molecule has 1 N–H and O–H groups in total. The van der Waals surface area contributed by atoms with E-state index in [1.165, 1.54) is 22.7 Å². The maximum atomic E-state index is 12.6. The van der Waals surface area contributed by atoms with Gasteiger partial charge in [-0.05, 0) is 43.2 Å². The van der Waals surface area contributed by atoms with Crippen LogP contribution < -0.4 is 0 Å². The van der Waals surface area contributed by atoms with Gasteiger partial charge in [-0.25, -0.2) is 0 Å². The summed E-state index contributed by atoms with van der Waals surface area (Å²) in [5.74, 6) is -1.07. The molecule has 0 bridgehead atoms. The second-order valence-corrected chi connectivity index (χ2v) is 8.24. The summed E-state index contributed by atoms with van der Waals surface area (Å²) in [6, 6.07) is 0.997. The van der Waals surface area contributed by atoms with E-state index in [0.717, 1.165) is 21.2 Å². The minimum absolute atomic E-state index is 0.271. The summed E-state index contributed by atoms with van der Waals surface area (Å²) >= 11 is 1.51. The molecule has 1 unspecified atom stereocenters. The van der Waals surface area contributed by atoms with Crippen LogP contribution in [-0.2, 0) is 21.5 Å². The monoisotopic (exact) mass is 332 g/mol. The average Bonchev–Trinajstić information content (AvgIpc) is 2.84. The molecule has 2 rings (SSSR count). The van der Waals surface area contributed by atoms with Crippen LogP contribution in [0, 0.1) is 6.92 Å². The van der Waals surface area contributed by atoms with Crippen LogP contribution in [0.4, 0.5) is 0 Å². The van der Waals surface area contributed by atoms with Crippen molar-refractivity contribution in [1.29, 1.82) is 0 Å². The lowest BCUT2D eigenvalue weighted by Gasteiger charge is -2.34. The Labute approximate surface area is 129 Å². The Morgan fingerprint density at radius 3 is 2.81 bits per heavy atom. The maximum Gasteiger partial charge on any atom is 0.322 e. The van der Waals surface area contributed by atoms with E-state index in [-0.39, 0.29) is 13.1 Å². The van der Waals surface area contributed by atoms with E-state index in [1.807, 2.05) is 18.4 Å². The highest BCUT2D eigenvalue weighted by Crippen LogP contribution is 2.25. The predicted octanol–water partition coefficient (Wildman–Crippen LogP) is 1.67. The third kappa shape index (κ3) is 3.45. The summed E-state index contributed by atoms with van der Waals surface area (Å²) in [5.41, 5.74) is 1.05. The summed E-state index contributed by atoms with van der Waals surface area (Å²) in [4.78, 5) is 12.3. The Bertz CT molecular complexity index is 611. The van der Waals surface area contributed by atoms with E-state index in [4.69, 9.17) is 0 Å². The van der Waals surface area contributed by atoms with Crippen molar-refractivity contribution in [3.63, 3.8) is 0 Å². The number of carbonyl (C=O) groups is 1. The van der Waals surface area contributed by atoms with Gasteiger partial charge in [0.1, 0.15) is 6.04 Å². The zero-order valence-corrected chi connectivity index (χ0v) is 13.8. The van der Waals surface area contributed by atoms with Gasteiger partial charge in [-0.3, -0.25) is 4.79 Å². The van der Waals surface area contributed by atoms with Gasteiger partial charge in [0.05, 0.1) is 0 Å². The van der Waals surface area contributed by atoms with Crippen LogP contribution in [-0.4, -0.2) is 47.7 Å². The highest BCUT2D eigenvalue weighted by atomic mass is 32.2. The number of hydrogen-bond acceptors (Lipinski definition) is 4. The largest absolute Gasteiger partial charge is 0.480 e. The van der Waals surface area contributed by atoms with Gasteiger partial charge in [0, 0.05) is 25.0 Å². The van der Waals surface area contributed by atoms with Crippen molar-refractivity contribution in [2.45, 2.75) is 38.8 Å². The summed E-state index contributed by atoms with van der Waals surface area (Å²) in [6.07, 6.45) is 1.83. The summed E-state index contributed by atoms with van der Waals surface area (Å²) in [6.45, 7) is 2.48. The summed E-state index contributed by atoms with van der Waals surface area (Å²) in [5, 5.41) is 11.2. The normalized spacial score (nSPS) is 20.8. The number of aliphatic carboxylic acids is 1. The molecule has 0 amide bonds. The molecule has 1 aromatic heterocycles. The van der Waals surface area contributed by atoms with E-state index in [2.05, 4.69) is 0 Å². The smallest absolute Gasteiger partial charge is 0.322 e. The number of nitrogens with zero attached hydrogens (tertiary/aromatic N) is 2. The van der Waals surface area contributed by atoms with Gasteiger partial charge in [0.25, 0.3) is 10.2 Å². The van der Waals surface area contributed by atoms with Gasteiger partial charge in [-0.1, -0.05) is 0 Å². The molecule has 1 aromatic rings. The quantitative estimate of drug-likeness (QED) is 0.890. The van der Waals surface area contributed by atoms with Gasteiger partial charge < -0.3 is 5.11 Å². The molecular formula is C13H20N2O4S2. The third-order valence-electron chi connectivity index (χ3n) is 3.76. The average molecular weight is 332 g/mol. The second kappa shape index (κ2) is 6.43. The molecule has 1 fully saturated rings. The number of hydrogen-bond donors (Lipinski definition) is 1. The van der Waals surface area contributed by atoms with Crippen molar-refractivity contribution in [3.05, 3.63) is 21.9 Å². The van der Waals surface area contributed by atoms with Crippen molar-refractivity contribution in [1.82, 2.24) is 8.61 Å². The number of piperidine rings is 1. The molecule has 118 valence electrons. The van der Waals surface area contributed by atoms with Crippen LogP contribution >= 0.6 is 11.3 Å². The van der Waals surface area contributed by atoms with Crippen molar-refractivity contribution in [2.75, 3.05) is 13.6 Å². The molecule has 0 aliphatic carbocycles. The van der Waals surface area contributed by atoms with Gasteiger partial charge in [-0.15, -0.1) is 11.3 Å². The summed E-state index contributed by atoms with van der Waals surface area (Å²) < 4.78 is 27.6. The predicted molar refractivity (Wildman–Crippen MR) is 81.4 cm³/mol. The van der Waals surface area contributed by atoms with E-state index in [0.29, 0.717) is 12.8 Å². The molecule has 0 saturated carbocycles. The van der Waals surface area contributed by atoms with Crippen molar-refractivity contribution in [2.24, 2.45) is 0 Å². The van der Waals surface area contributed by atoms with Crippen LogP contribution in [0.25, 0.3) is 0 Å². The fourth-order valence-electron chi connectivity index (χ4n) is 2.46. The van der Waals surface area contributed by atoms with Crippen LogP contribution in [0.3, 0.4) is 0 Å². The minimum atomic E-state index is -3.76. The molecular weight excluding hydrogens is 312 g/mol. The minimum Gasteiger partial charge on any atom is -0.480 e. The van der Waals surface area contributed by atoms with Gasteiger partial charge in [0.2, 0.25) is 0 Å². The van der Waals surface area contributed by atoms with E-state index in [9.17, 15) is 18.3 Å². The number of aryl methyl sites for hydroxylation is 1. The van der Waals surface area contributed by atoms with E-state index in [1.54, 1.807) is 0 Å². The third-order valence-corrected chi connectivity index (χ3v) is 6.72.